The van der Waals surface area contributed by atoms with E-state index in [0.717, 1.165) is 61.4 Å². The molecule has 0 amide bonds. The first-order valence-electron chi connectivity index (χ1n) is 11.0. The molecule has 1 N–H and O–H groups in total. The molecule has 1 aromatic carbocycles. The van der Waals surface area contributed by atoms with Crippen LogP contribution in [0.5, 0.6) is 0 Å². The molecule has 1 saturated heterocycles. The van der Waals surface area contributed by atoms with Crippen molar-refractivity contribution in [3.05, 3.63) is 65.6 Å². The lowest BCUT2D eigenvalue weighted by molar-refractivity contribution is 0.0452. The zero-order valence-electron chi connectivity index (χ0n) is 18.3. The predicted octanol–water partition coefficient (Wildman–Crippen LogP) is 4.03. The fourth-order valence-corrected chi connectivity index (χ4v) is 4.57. The highest BCUT2D eigenvalue weighted by atomic mass is 16.1. The van der Waals surface area contributed by atoms with Gasteiger partial charge in [-0.25, -0.2) is 4.98 Å². The summed E-state index contributed by atoms with van der Waals surface area (Å²) >= 11 is 0. The number of benzene rings is 1. The van der Waals surface area contributed by atoms with E-state index in [1.165, 1.54) is 12.8 Å². The monoisotopic (exact) mass is 418 g/mol. The summed E-state index contributed by atoms with van der Waals surface area (Å²) in [6.07, 6.45) is 10.6. The minimum atomic E-state index is 0.0246. The van der Waals surface area contributed by atoms with Crippen molar-refractivity contribution in [3.63, 3.8) is 0 Å². The van der Waals surface area contributed by atoms with Gasteiger partial charge in [0.1, 0.15) is 11.5 Å². The molecule has 0 radical (unpaired) electrons. The Balaban J connectivity index is 1.61. The Morgan fingerprint density at radius 1 is 1.16 bits per heavy atom. The van der Waals surface area contributed by atoms with E-state index in [4.69, 9.17) is 0 Å². The number of pyridine rings is 1. The summed E-state index contributed by atoms with van der Waals surface area (Å²) in [7, 11) is 0. The second-order valence-electron chi connectivity index (χ2n) is 8.32. The Bertz CT molecular complexity index is 1000. The first kappa shape index (κ1) is 21.2. The summed E-state index contributed by atoms with van der Waals surface area (Å²) in [6.45, 7) is 6.92. The van der Waals surface area contributed by atoms with Crippen LogP contribution in [0.4, 0.5) is 5.82 Å². The topological polar surface area (TPSA) is 75.9 Å². The number of aryl methyl sites for hydroxylation is 1. The molecule has 0 spiro atoms. The number of likely N-dealkylation sites (tertiary alicyclic amines) is 1. The van der Waals surface area contributed by atoms with Gasteiger partial charge in [0, 0.05) is 30.4 Å². The first-order valence-corrected chi connectivity index (χ1v) is 11.0. The van der Waals surface area contributed by atoms with Crippen molar-refractivity contribution in [1.29, 1.82) is 0 Å². The lowest BCUT2D eigenvalue weighted by atomic mass is 9.83. The van der Waals surface area contributed by atoms with Gasteiger partial charge in [-0.15, -0.1) is 0 Å². The normalized spacial score (nSPS) is 19.3. The van der Waals surface area contributed by atoms with Crippen LogP contribution in [0, 0.1) is 6.92 Å². The van der Waals surface area contributed by atoms with Crippen molar-refractivity contribution in [2.45, 2.75) is 51.6 Å². The smallest absolute Gasteiger partial charge is 0.152 e. The number of para-hydroxylation sites is 1. The third kappa shape index (κ3) is 4.51. The van der Waals surface area contributed by atoms with E-state index in [1.807, 2.05) is 31.3 Å². The SMILES string of the molecule is CCC1(CNc2ccc(C)cn2)CCCCN1Cc1cccc(C=O)c1-n1nccn1. The minimum Gasteiger partial charge on any atom is -0.368 e. The molecule has 162 valence electrons. The predicted molar refractivity (Wildman–Crippen MR) is 121 cm³/mol. The number of nitrogens with zero attached hydrogens (tertiary/aromatic N) is 5. The highest BCUT2D eigenvalue weighted by Crippen LogP contribution is 2.34. The number of nitrogens with one attached hydrogen (secondary N) is 1. The Labute approximate surface area is 183 Å². The molecule has 1 aliphatic heterocycles. The maximum Gasteiger partial charge on any atom is 0.152 e. The van der Waals surface area contributed by atoms with Crippen LogP contribution in [0.25, 0.3) is 5.69 Å². The molecule has 0 aliphatic carbocycles. The van der Waals surface area contributed by atoms with Crippen LogP contribution in [-0.4, -0.2) is 49.8 Å². The van der Waals surface area contributed by atoms with Crippen LogP contribution in [0.3, 0.4) is 0 Å². The first-order chi connectivity index (χ1) is 15.1. The molecule has 7 nitrogen and oxygen atoms in total. The number of rotatable bonds is 8. The standard InChI is InChI=1S/C24H30N6O/c1-3-24(18-26-22-10-9-19(2)15-25-22)11-4-5-14-29(24)16-20-7-6-8-21(17-31)23(20)30-27-12-13-28-30/h6-10,12-13,15,17H,3-5,11,14,16,18H2,1-2H3,(H,25,26). The Hall–Kier alpha value is -3.06. The van der Waals surface area contributed by atoms with Gasteiger partial charge in [0.25, 0.3) is 0 Å². The number of aldehydes is 1. The lowest BCUT2D eigenvalue weighted by Crippen LogP contribution is -2.55. The zero-order chi connectivity index (χ0) is 21.7. The fraction of sp³-hybridized carbons (Fsp3) is 0.417. The molecule has 31 heavy (non-hydrogen) atoms. The average molecular weight is 419 g/mol. The summed E-state index contributed by atoms with van der Waals surface area (Å²) in [5.74, 6) is 0.910. The summed E-state index contributed by atoms with van der Waals surface area (Å²) in [6, 6.07) is 9.97. The van der Waals surface area contributed by atoms with Crippen molar-refractivity contribution in [2.75, 3.05) is 18.4 Å². The summed E-state index contributed by atoms with van der Waals surface area (Å²) in [5, 5.41) is 12.2. The van der Waals surface area contributed by atoms with Crippen molar-refractivity contribution in [3.8, 4) is 5.69 Å². The number of piperidine rings is 1. The van der Waals surface area contributed by atoms with E-state index in [2.05, 4.69) is 44.5 Å². The Kier molecular flexibility index (Phi) is 6.42. The van der Waals surface area contributed by atoms with Crippen LogP contribution in [0.2, 0.25) is 0 Å². The summed E-state index contributed by atoms with van der Waals surface area (Å²) in [4.78, 5) is 20.4. The quantitative estimate of drug-likeness (QED) is 0.557. The van der Waals surface area contributed by atoms with Crippen LogP contribution in [-0.2, 0) is 6.54 Å². The van der Waals surface area contributed by atoms with Crippen LogP contribution in [0.1, 0.15) is 54.1 Å². The molecule has 1 unspecified atom stereocenters. The van der Waals surface area contributed by atoms with Gasteiger partial charge in [0.05, 0.1) is 12.4 Å². The molecule has 4 rings (SSSR count). The molecule has 3 heterocycles. The molecule has 0 saturated carbocycles. The third-order valence-corrected chi connectivity index (χ3v) is 6.42. The lowest BCUT2D eigenvalue weighted by Gasteiger charge is -2.47. The Morgan fingerprint density at radius 2 is 2.00 bits per heavy atom. The van der Waals surface area contributed by atoms with Crippen molar-refractivity contribution in [2.24, 2.45) is 0 Å². The summed E-state index contributed by atoms with van der Waals surface area (Å²) in [5.41, 5.74) is 3.62. The average Bonchev–Trinajstić information content (AvgIpc) is 3.34. The van der Waals surface area contributed by atoms with E-state index in [1.54, 1.807) is 17.2 Å². The van der Waals surface area contributed by atoms with Gasteiger partial charge < -0.3 is 5.32 Å². The van der Waals surface area contributed by atoms with Gasteiger partial charge >= 0.3 is 0 Å². The van der Waals surface area contributed by atoms with Crippen molar-refractivity contribution >= 4 is 12.1 Å². The second kappa shape index (κ2) is 9.39. The molecule has 1 atom stereocenters. The fourth-order valence-electron chi connectivity index (χ4n) is 4.57. The van der Waals surface area contributed by atoms with Crippen LogP contribution < -0.4 is 5.32 Å². The molecule has 1 aliphatic rings. The van der Waals surface area contributed by atoms with Gasteiger partial charge in [0.15, 0.2) is 6.29 Å². The van der Waals surface area contributed by atoms with Gasteiger partial charge in [0.2, 0.25) is 0 Å². The maximum absolute atomic E-state index is 11.7. The molecule has 3 aromatic rings. The van der Waals surface area contributed by atoms with E-state index in [9.17, 15) is 4.79 Å². The maximum atomic E-state index is 11.7. The second-order valence-corrected chi connectivity index (χ2v) is 8.32. The van der Waals surface area contributed by atoms with Gasteiger partial charge in [-0.3, -0.25) is 9.69 Å². The number of aromatic nitrogens is 4. The highest BCUT2D eigenvalue weighted by Gasteiger charge is 2.37. The number of carbonyl (C=O) groups is 1. The van der Waals surface area contributed by atoms with E-state index < -0.39 is 0 Å². The van der Waals surface area contributed by atoms with Gasteiger partial charge in [-0.2, -0.15) is 15.0 Å². The van der Waals surface area contributed by atoms with E-state index in [-0.39, 0.29) is 5.54 Å². The molecule has 0 bridgehead atoms. The zero-order valence-corrected chi connectivity index (χ0v) is 18.3. The minimum absolute atomic E-state index is 0.0246. The van der Waals surface area contributed by atoms with E-state index in [0.29, 0.717) is 5.56 Å². The van der Waals surface area contributed by atoms with Crippen molar-refractivity contribution in [1.82, 2.24) is 24.9 Å². The van der Waals surface area contributed by atoms with Crippen molar-refractivity contribution < 1.29 is 4.79 Å². The van der Waals surface area contributed by atoms with Crippen LogP contribution in [0.15, 0.2) is 48.9 Å². The molecule has 2 aromatic heterocycles. The largest absolute Gasteiger partial charge is 0.368 e. The molecule has 1 fully saturated rings. The van der Waals surface area contributed by atoms with E-state index >= 15 is 0 Å². The van der Waals surface area contributed by atoms with Crippen LogP contribution >= 0.6 is 0 Å². The number of carbonyl (C=O) groups excluding carboxylic acids is 1. The number of hydrogen-bond donors (Lipinski definition) is 1. The Morgan fingerprint density at radius 3 is 2.71 bits per heavy atom. The third-order valence-electron chi connectivity index (χ3n) is 6.42. The van der Waals surface area contributed by atoms with Gasteiger partial charge in [-0.05, 0) is 56.0 Å². The molecular formula is C24H30N6O. The number of anilines is 1. The highest BCUT2D eigenvalue weighted by molar-refractivity contribution is 5.81. The number of hydrogen-bond acceptors (Lipinski definition) is 6. The summed E-state index contributed by atoms with van der Waals surface area (Å²) < 4.78 is 0. The van der Waals surface area contributed by atoms with Gasteiger partial charge in [-0.1, -0.05) is 31.5 Å². The molecule has 7 heteroatoms. The molecular weight excluding hydrogens is 388 g/mol.